The molecule has 0 radical (unpaired) electrons. The van der Waals surface area contributed by atoms with Crippen molar-refractivity contribution in [2.24, 2.45) is 5.92 Å². The largest absolute Gasteiger partial charge is 0.399 e. The second-order valence-corrected chi connectivity index (χ2v) is 5.89. The van der Waals surface area contributed by atoms with Gasteiger partial charge >= 0.3 is 0 Å². The molecule has 3 N–H and O–H groups in total. The molecule has 2 rings (SSSR count). The molecular weight excluding hydrogens is 266 g/mol. The van der Waals surface area contributed by atoms with Gasteiger partial charge in [0.1, 0.15) is 0 Å². The van der Waals surface area contributed by atoms with Crippen LogP contribution < -0.4 is 11.1 Å². The molecule has 5 nitrogen and oxygen atoms in total. The first-order valence-corrected chi connectivity index (χ1v) is 7.40. The van der Waals surface area contributed by atoms with Crippen LogP contribution in [0.5, 0.6) is 0 Å². The monoisotopic (exact) mass is 289 g/mol. The maximum atomic E-state index is 12.2. The van der Waals surface area contributed by atoms with Gasteiger partial charge in [0, 0.05) is 23.8 Å². The van der Waals surface area contributed by atoms with Crippen molar-refractivity contribution in [3.63, 3.8) is 0 Å². The van der Waals surface area contributed by atoms with E-state index in [2.05, 4.69) is 5.32 Å². The number of anilines is 1. The number of amides is 2. The van der Waals surface area contributed by atoms with Crippen LogP contribution in [0.2, 0.25) is 0 Å². The van der Waals surface area contributed by atoms with E-state index in [1.807, 2.05) is 18.7 Å². The molecule has 0 aliphatic heterocycles. The molecular formula is C16H23N3O2. The molecule has 0 unspecified atom stereocenters. The molecule has 114 valence electrons. The molecule has 1 aliphatic rings. The van der Waals surface area contributed by atoms with Gasteiger partial charge in [-0.3, -0.25) is 9.59 Å². The van der Waals surface area contributed by atoms with Crippen molar-refractivity contribution in [2.75, 3.05) is 18.8 Å². The van der Waals surface area contributed by atoms with E-state index in [1.54, 1.807) is 24.3 Å². The van der Waals surface area contributed by atoms with Gasteiger partial charge in [-0.05, 0) is 56.9 Å². The van der Waals surface area contributed by atoms with E-state index >= 15 is 0 Å². The summed E-state index contributed by atoms with van der Waals surface area (Å²) in [5, 5.41) is 2.68. The zero-order chi connectivity index (χ0) is 15.4. The summed E-state index contributed by atoms with van der Waals surface area (Å²) in [6.07, 6.45) is 2.41. The van der Waals surface area contributed by atoms with Gasteiger partial charge < -0.3 is 16.0 Å². The Morgan fingerprint density at radius 3 is 2.43 bits per heavy atom. The highest BCUT2D eigenvalue weighted by molar-refractivity contribution is 5.96. The van der Waals surface area contributed by atoms with Crippen molar-refractivity contribution in [3.05, 3.63) is 29.8 Å². The van der Waals surface area contributed by atoms with Crippen molar-refractivity contribution in [3.8, 4) is 0 Å². The molecule has 2 amide bonds. The van der Waals surface area contributed by atoms with Crippen LogP contribution in [0.25, 0.3) is 0 Å². The van der Waals surface area contributed by atoms with E-state index in [4.69, 9.17) is 5.73 Å². The average Bonchev–Trinajstić information content (AvgIpc) is 3.26. The molecule has 0 saturated heterocycles. The first kappa shape index (κ1) is 15.4. The van der Waals surface area contributed by atoms with Gasteiger partial charge in [-0.15, -0.1) is 0 Å². The normalized spacial score (nSPS) is 14.0. The third-order valence-electron chi connectivity index (χ3n) is 3.67. The number of carbonyl (C=O) groups is 2. The van der Waals surface area contributed by atoms with Crippen LogP contribution in [0.1, 0.15) is 37.0 Å². The molecule has 0 bridgehead atoms. The minimum atomic E-state index is -0.251. The Kier molecular flexibility index (Phi) is 4.83. The zero-order valence-electron chi connectivity index (χ0n) is 12.6. The fourth-order valence-corrected chi connectivity index (χ4v) is 2.17. The maximum absolute atomic E-state index is 12.2. The number of nitrogens with two attached hydrogens (primary N) is 1. The molecule has 0 spiro atoms. The number of nitrogens with one attached hydrogen (secondary N) is 1. The highest BCUT2D eigenvalue weighted by Crippen LogP contribution is 2.30. The van der Waals surface area contributed by atoms with Crippen molar-refractivity contribution < 1.29 is 9.59 Å². The summed E-state index contributed by atoms with van der Waals surface area (Å²) in [6, 6.07) is 6.81. The predicted molar refractivity (Wildman–Crippen MR) is 82.8 cm³/mol. The van der Waals surface area contributed by atoms with Crippen LogP contribution in [-0.2, 0) is 4.79 Å². The molecule has 1 aromatic rings. The number of rotatable bonds is 6. The van der Waals surface area contributed by atoms with Gasteiger partial charge in [-0.1, -0.05) is 0 Å². The quantitative estimate of drug-likeness (QED) is 0.782. The van der Waals surface area contributed by atoms with Crippen LogP contribution in [0.3, 0.4) is 0 Å². The molecule has 1 fully saturated rings. The van der Waals surface area contributed by atoms with Gasteiger partial charge in [0.15, 0.2) is 0 Å². The van der Waals surface area contributed by atoms with Crippen molar-refractivity contribution in [1.82, 2.24) is 10.2 Å². The number of nitrogen functional groups attached to an aromatic ring is 1. The van der Waals surface area contributed by atoms with Crippen LogP contribution in [0.4, 0.5) is 5.69 Å². The van der Waals surface area contributed by atoms with Gasteiger partial charge in [0.2, 0.25) is 5.91 Å². The summed E-state index contributed by atoms with van der Waals surface area (Å²) in [7, 11) is 0. The lowest BCUT2D eigenvalue weighted by Crippen LogP contribution is -2.44. The van der Waals surface area contributed by atoms with Crippen molar-refractivity contribution in [1.29, 1.82) is 0 Å². The minimum Gasteiger partial charge on any atom is -0.399 e. The molecule has 21 heavy (non-hydrogen) atoms. The summed E-state index contributed by atoms with van der Waals surface area (Å²) < 4.78 is 0. The molecule has 0 heterocycles. The Labute approximate surface area is 125 Å². The third-order valence-corrected chi connectivity index (χ3v) is 3.67. The van der Waals surface area contributed by atoms with E-state index in [0.29, 0.717) is 17.2 Å². The Morgan fingerprint density at radius 2 is 1.90 bits per heavy atom. The van der Waals surface area contributed by atoms with E-state index in [1.165, 1.54) is 12.8 Å². The lowest BCUT2D eigenvalue weighted by atomic mass is 10.2. The fraction of sp³-hybridized carbons (Fsp3) is 0.500. The lowest BCUT2D eigenvalue weighted by molar-refractivity contribution is -0.132. The highest BCUT2D eigenvalue weighted by Gasteiger charge is 2.28. The standard InChI is InChI=1S/C16H23N3O2/c1-11(2)19(10-12-3-4-12)15(20)9-18-16(21)13-5-7-14(17)8-6-13/h5-8,11-12H,3-4,9-10,17H2,1-2H3,(H,18,21). The first-order chi connectivity index (χ1) is 9.97. The summed E-state index contributed by atoms with van der Waals surface area (Å²) in [5.41, 5.74) is 6.70. The van der Waals surface area contributed by atoms with Crippen molar-refractivity contribution in [2.45, 2.75) is 32.7 Å². The van der Waals surface area contributed by atoms with Gasteiger partial charge in [-0.2, -0.15) is 0 Å². The molecule has 5 heteroatoms. The van der Waals surface area contributed by atoms with Gasteiger partial charge in [0.25, 0.3) is 5.91 Å². The summed E-state index contributed by atoms with van der Waals surface area (Å²) in [5.74, 6) is 0.364. The van der Waals surface area contributed by atoms with Crippen LogP contribution in [-0.4, -0.2) is 35.8 Å². The molecule has 0 atom stereocenters. The highest BCUT2D eigenvalue weighted by atomic mass is 16.2. The van der Waals surface area contributed by atoms with Crippen LogP contribution >= 0.6 is 0 Å². The SMILES string of the molecule is CC(C)N(CC1CC1)C(=O)CNC(=O)c1ccc(N)cc1. The van der Waals surface area contributed by atoms with Crippen LogP contribution in [0.15, 0.2) is 24.3 Å². The van der Waals surface area contributed by atoms with Gasteiger partial charge in [0.05, 0.1) is 6.54 Å². The molecule has 0 aromatic heterocycles. The maximum Gasteiger partial charge on any atom is 0.251 e. The smallest absolute Gasteiger partial charge is 0.251 e. The number of benzene rings is 1. The molecule has 1 aromatic carbocycles. The second kappa shape index (κ2) is 6.61. The summed E-state index contributed by atoms with van der Waals surface area (Å²) in [4.78, 5) is 26.0. The Hall–Kier alpha value is -2.04. The van der Waals surface area contributed by atoms with E-state index in [9.17, 15) is 9.59 Å². The predicted octanol–water partition coefficient (Wildman–Crippen LogP) is 1.65. The van der Waals surface area contributed by atoms with Crippen molar-refractivity contribution >= 4 is 17.5 Å². The topological polar surface area (TPSA) is 75.4 Å². The number of hydrogen-bond acceptors (Lipinski definition) is 3. The second-order valence-electron chi connectivity index (χ2n) is 5.89. The Balaban J connectivity index is 1.86. The van der Waals surface area contributed by atoms with E-state index in [0.717, 1.165) is 6.54 Å². The molecule has 1 aliphatic carbocycles. The first-order valence-electron chi connectivity index (χ1n) is 7.40. The summed E-state index contributed by atoms with van der Waals surface area (Å²) >= 11 is 0. The van der Waals surface area contributed by atoms with E-state index in [-0.39, 0.29) is 24.4 Å². The summed E-state index contributed by atoms with van der Waals surface area (Å²) in [6.45, 7) is 4.84. The lowest BCUT2D eigenvalue weighted by Gasteiger charge is -2.27. The Bertz CT molecular complexity index is 507. The van der Waals surface area contributed by atoms with E-state index < -0.39 is 0 Å². The van der Waals surface area contributed by atoms with Gasteiger partial charge in [-0.25, -0.2) is 0 Å². The Morgan fingerprint density at radius 1 is 1.29 bits per heavy atom. The minimum absolute atomic E-state index is 0.0271. The average molecular weight is 289 g/mol. The number of hydrogen-bond donors (Lipinski definition) is 2. The molecule has 1 saturated carbocycles. The zero-order valence-corrected chi connectivity index (χ0v) is 12.6. The number of nitrogens with zero attached hydrogens (tertiary/aromatic N) is 1. The number of carbonyl (C=O) groups excluding carboxylic acids is 2. The van der Waals surface area contributed by atoms with Crippen LogP contribution in [0, 0.1) is 5.92 Å². The third kappa shape index (κ3) is 4.48. The fourth-order valence-electron chi connectivity index (χ4n) is 2.17.